The second-order valence-corrected chi connectivity index (χ2v) is 15.2. The van der Waals surface area contributed by atoms with Gasteiger partial charge in [0, 0.05) is 19.3 Å². The van der Waals surface area contributed by atoms with Gasteiger partial charge >= 0.3 is 11.9 Å². The SMILES string of the molecule is CC/C=C/C/C=C/C/C=C/C/C=C/C/C=C/CCCCCCCCCC(=O)OCC(COCCC(C(=O)[O-])[N+](C)(C)C)OC(=O)CCCC/C=C/C/C=C/CC. The molecule has 0 spiro atoms. The lowest BCUT2D eigenvalue weighted by atomic mass is 10.1. The summed E-state index contributed by atoms with van der Waals surface area (Å²) >= 11 is 0. The largest absolute Gasteiger partial charge is 0.544 e. The van der Waals surface area contributed by atoms with Crippen LogP contribution in [0.3, 0.4) is 0 Å². The van der Waals surface area contributed by atoms with Crippen LogP contribution in [0.25, 0.3) is 0 Å². The minimum atomic E-state index is -1.14. The van der Waals surface area contributed by atoms with E-state index < -0.39 is 18.1 Å². The van der Waals surface area contributed by atoms with Crippen LogP contribution in [0.2, 0.25) is 0 Å². The van der Waals surface area contributed by atoms with E-state index in [4.69, 9.17) is 14.2 Å². The third-order valence-corrected chi connectivity index (χ3v) is 9.03. The van der Waals surface area contributed by atoms with Gasteiger partial charge in [0.2, 0.25) is 0 Å². The quantitative estimate of drug-likeness (QED) is 0.0268. The Morgan fingerprint density at radius 2 is 0.946 bits per heavy atom. The van der Waals surface area contributed by atoms with Crippen molar-refractivity contribution in [2.24, 2.45) is 0 Å². The Labute approximate surface area is 342 Å². The first-order chi connectivity index (χ1) is 27.1. The number of unbranched alkanes of at least 4 members (excludes halogenated alkanes) is 9. The van der Waals surface area contributed by atoms with Gasteiger partial charge in [0.1, 0.15) is 12.6 Å². The van der Waals surface area contributed by atoms with Crippen LogP contribution >= 0.6 is 0 Å². The summed E-state index contributed by atoms with van der Waals surface area (Å²) < 4.78 is 17.1. The van der Waals surface area contributed by atoms with Crippen LogP contribution in [-0.2, 0) is 28.6 Å². The maximum Gasteiger partial charge on any atom is 0.306 e. The number of carbonyl (C=O) groups excluding carboxylic acids is 3. The number of rotatable bonds is 37. The van der Waals surface area contributed by atoms with E-state index in [0.29, 0.717) is 12.8 Å². The molecule has 0 saturated heterocycles. The predicted octanol–water partition coefficient (Wildman–Crippen LogP) is 10.4. The van der Waals surface area contributed by atoms with E-state index in [0.717, 1.165) is 89.9 Å². The Morgan fingerprint density at radius 1 is 0.536 bits per heavy atom. The van der Waals surface area contributed by atoms with Gasteiger partial charge in [-0.15, -0.1) is 0 Å². The molecule has 0 aromatic carbocycles. The minimum Gasteiger partial charge on any atom is -0.544 e. The summed E-state index contributed by atoms with van der Waals surface area (Å²) in [5.74, 6) is -1.81. The number of carboxylic acid groups (broad SMARTS) is 1. The number of likely N-dealkylation sites (N-methyl/N-ethyl adjacent to an activating group) is 1. The highest BCUT2D eigenvalue weighted by Gasteiger charge is 2.25. The van der Waals surface area contributed by atoms with E-state index in [1.54, 1.807) is 21.1 Å². The first-order valence-corrected chi connectivity index (χ1v) is 21.6. The van der Waals surface area contributed by atoms with Gasteiger partial charge in [0.05, 0.1) is 40.3 Å². The van der Waals surface area contributed by atoms with Crippen LogP contribution < -0.4 is 5.11 Å². The molecule has 0 N–H and O–H groups in total. The number of esters is 2. The summed E-state index contributed by atoms with van der Waals surface area (Å²) in [6.07, 6.45) is 49.1. The summed E-state index contributed by atoms with van der Waals surface area (Å²) in [5, 5.41) is 11.6. The molecule has 0 heterocycles. The average molecular weight is 782 g/mol. The Hall–Kier alpha value is -3.49. The fraction of sp³-hybridized carbons (Fsp3) is 0.646. The molecule has 0 bridgehead atoms. The molecule has 0 aromatic heterocycles. The second kappa shape index (κ2) is 38.4. The number of quaternary nitrogens is 1. The maximum atomic E-state index is 12.6. The van der Waals surface area contributed by atoms with Crippen molar-refractivity contribution in [3.05, 3.63) is 85.1 Å². The lowest BCUT2D eigenvalue weighted by Gasteiger charge is -2.34. The molecule has 0 aliphatic carbocycles. The van der Waals surface area contributed by atoms with Crippen molar-refractivity contribution in [3.8, 4) is 0 Å². The van der Waals surface area contributed by atoms with Crippen molar-refractivity contribution in [2.75, 3.05) is 41.0 Å². The molecular weight excluding hydrogens is 703 g/mol. The highest BCUT2D eigenvalue weighted by atomic mass is 16.6. The zero-order valence-corrected chi connectivity index (χ0v) is 36.0. The van der Waals surface area contributed by atoms with Crippen LogP contribution in [0, 0.1) is 0 Å². The van der Waals surface area contributed by atoms with E-state index >= 15 is 0 Å². The number of allylic oxidation sites excluding steroid dienone is 14. The molecule has 0 fully saturated rings. The molecule has 2 atom stereocenters. The van der Waals surface area contributed by atoms with Crippen molar-refractivity contribution < 1.29 is 38.2 Å². The van der Waals surface area contributed by atoms with Gasteiger partial charge in [-0.3, -0.25) is 9.59 Å². The molecule has 2 unspecified atom stereocenters. The van der Waals surface area contributed by atoms with E-state index in [2.05, 4.69) is 98.9 Å². The van der Waals surface area contributed by atoms with Gasteiger partial charge in [0.25, 0.3) is 0 Å². The van der Waals surface area contributed by atoms with Gasteiger partial charge in [-0.2, -0.15) is 0 Å². The van der Waals surface area contributed by atoms with Gasteiger partial charge in [0.15, 0.2) is 6.10 Å². The number of ether oxygens (including phenoxy) is 3. The first-order valence-electron chi connectivity index (χ1n) is 21.6. The molecule has 8 nitrogen and oxygen atoms in total. The van der Waals surface area contributed by atoms with Crippen molar-refractivity contribution >= 4 is 17.9 Å². The fourth-order valence-corrected chi connectivity index (χ4v) is 5.72. The molecule has 0 aliphatic rings. The Bertz CT molecular complexity index is 1190. The Balaban J connectivity index is 4.27. The van der Waals surface area contributed by atoms with Crippen molar-refractivity contribution in [3.63, 3.8) is 0 Å². The monoisotopic (exact) mass is 782 g/mol. The zero-order valence-electron chi connectivity index (χ0n) is 36.0. The van der Waals surface area contributed by atoms with Crippen LogP contribution in [-0.4, -0.2) is 75.5 Å². The molecule has 0 rings (SSSR count). The van der Waals surface area contributed by atoms with E-state index in [1.807, 2.05) is 0 Å². The van der Waals surface area contributed by atoms with Crippen molar-refractivity contribution in [1.29, 1.82) is 0 Å². The number of hydrogen-bond acceptors (Lipinski definition) is 7. The maximum absolute atomic E-state index is 12.6. The third-order valence-electron chi connectivity index (χ3n) is 9.03. The molecule has 8 heteroatoms. The zero-order chi connectivity index (χ0) is 41.4. The molecule has 0 saturated carbocycles. The number of hydrogen-bond donors (Lipinski definition) is 0. The van der Waals surface area contributed by atoms with Crippen molar-refractivity contribution in [1.82, 2.24) is 0 Å². The highest BCUT2D eigenvalue weighted by Crippen LogP contribution is 2.12. The van der Waals surface area contributed by atoms with Crippen LogP contribution in [0.5, 0.6) is 0 Å². The second-order valence-electron chi connectivity index (χ2n) is 15.2. The summed E-state index contributed by atoms with van der Waals surface area (Å²) in [6, 6.07) is -0.736. The standard InChI is InChI=1S/C48H79NO7/c1-6-8-10-12-14-16-17-18-19-20-21-22-23-24-25-26-27-28-29-31-32-34-36-38-46(50)55-43-44(42-54-41-40-45(48(52)53)49(3,4)5)56-47(51)39-37-35-33-30-15-13-11-9-7-2/h8-11,14-16,18-19,21-22,24-25,30,44-45H,6-7,12-13,17,20,23,26-29,31-43H2,1-5H3/b10-8+,11-9+,16-14+,19-18+,22-21+,25-24+,30-15+. The van der Waals surface area contributed by atoms with Crippen molar-refractivity contribution in [2.45, 2.75) is 161 Å². The Morgan fingerprint density at radius 3 is 1.43 bits per heavy atom. The molecule has 0 aliphatic heterocycles. The summed E-state index contributed by atoms with van der Waals surface area (Å²) in [6.45, 7) is 4.35. The molecule has 0 radical (unpaired) electrons. The molecule has 318 valence electrons. The van der Waals surface area contributed by atoms with Gasteiger partial charge in [-0.05, 0) is 83.5 Å². The lowest BCUT2D eigenvalue weighted by molar-refractivity contribution is -0.889. The third kappa shape index (κ3) is 36.2. The number of carbonyl (C=O) groups is 3. The smallest absolute Gasteiger partial charge is 0.306 e. The normalized spacial score (nSPS) is 13.8. The molecule has 0 amide bonds. The number of carboxylic acids is 1. The van der Waals surface area contributed by atoms with Crippen LogP contribution in [0.4, 0.5) is 0 Å². The Kier molecular flexibility index (Phi) is 36.0. The molecule has 56 heavy (non-hydrogen) atoms. The topological polar surface area (TPSA) is 102 Å². The average Bonchev–Trinajstić information content (AvgIpc) is 3.15. The summed E-state index contributed by atoms with van der Waals surface area (Å²) in [7, 11) is 5.37. The number of nitrogens with zero attached hydrogens (tertiary/aromatic N) is 1. The molecular formula is C48H79NO7. The summed E-state index contributed by atoms with van der Waals surface area (Å²) in [5.41, 5.74) is 0. The highest BCUT2D eigenvalue weighted by molar-refractivity contribution is 5.70. The molecule has 0 aromatic rings. The fourth-order valence-electron chi connectivity index (χ4n) is 5.72. The van der Waals surface area contributed by atoms with Gasteiger partial charge in [-0.1, -0.05) is 131 Å². The van der Waals surface area contributed by atoms with Gasteiger partial charge < -0.3 is 28.6 Å². The predicted molar refractivity (Wildman–Crippen MR) is 231 cm³/mol. The first kappa shape index (κ1) is 52.5. The van der Waals surface area contributed by atoms with Crippen LogP contribution in [0.15, 0.2) is 85.1 Å². The van der Waals surface area contributed by atoms with Crippen LogP contribution in [0.1, 0.15) is 149 Å². The van der Waals surface area contributed by atoms with E-state index in [-0.39, 0.29) is 49.1 Å². The van der Waals surface area contributed by atoms with E-state index in [1.165, 1.54) is 19.3 Å². The van der Waals surface area contributed by atoms with Gasteiger partial charge in [-0.25, -0.2) is 0 Å². The lowest BCUT2D eigenvalue weighted by Crippen LogP contribution is -2.55. The minimum absolute atomic E-state index is 0.0189. The number of aliphatic carboxylic acids is 1. The van der Waals surface area contributed by atoms with E-state index in [9.17, 15) is 19.5 Å². The summed E-state index contributed by atoms with van der Waals surface area (Å²) in [4.78, 5) is 36.7.